The van der Waals surface area contributed by atoms with Crippen LogP contribution < -0.4 is 0 Å². The van der Waals surface area contributed by atoms with Crippen LogP contribution in [-0.2, 0) is 4.79 Å². The van der Waals surface area contributed by atoms with Gasteiger partial charge in [-0.3, -0.25) is 9.69 Å². The molecule has 0 bridgehead atoms. The van der Waals surface area contributed by atoms with Gasteiger partial charge in [-0.05, 0) is 25.7 Å². The number of carboxylic acids is 1. The van der Waals surface area contributed by atoms with E-state index in [-0.39, 0.29) is 6.03 Å². The number of nitrogens with zero attached hydrogens (tertiary/aromatic N) is 3. The average molecular weight is 269 g/mol. The van der Waals surface area contributed by atoms with Crippen molar-refractivity contribution in [3.63, 3.8) is 0 Å². The van der Waals surface area contributed by atoms with Crippen molar-refractivity contribution in [3.05, 3.63) is 0 Å². The van der Waals surface area contributed by atoms with Crippen LogP contribution in [0, 0.1) is 5.92 Å². The van der Waals surface area contributed by atoms with Gasteiger partial charge in [0, 0.05) is 39.8 Å². The fourth-order valence-corrected chi connectivity index (χ4v) is 2.46. The zero-order chi connectivity index (χ0) is 14.0. The van der Waals surface area contributed by atoms with Crippen molar-refractivity contribution >= 4 is 12.0 Å². The third kappa shape index (κ3) is 3.59. The predicted molar refractivity (Wildman–Crippen MR) is 71.0 cm³/mol. The van der Waals surface area contributed by atoms with Crippen molar-refractivity contribution in [1.29, 1.82) is 0 Å². The molecule has 1 saturated heterocycles. The van der Waals surface area contributed by atoms with Gasteiger partial charge in [0.25, 0.3) is 0 Å². The van der Waals surface area contributed by atoms with Gasteiger partial charge in [0.2, 0.25) is 0 Å². The van der Waals surface area contributed by atoms with Crippen LogP contribution in [0.5, 0.6) is 0 Å². The van der Waals surface area contributed by atoms with Gasteiger partial charge in [-0.25, -0.2) is 4.79 Å². The zero-order valence-electron chi connectivity index (χ0n) is 11.7. The van der Waals surface area contributed by atoms with E-state index in [1.54, 1.807) is 11.8 Å². The number of piperazine rings is 1. The van der Waals surface area contributed by atoms with Crippen molar-refractivity contribution in [3.8, 4) is 0 Å². The van der Waals surface area contributed by atoms with E-state index in [2.05, 4.69) is 0 Å². The van der Waals surface area contributed by atoms with E-state index < -0.39 is 12.0 Å². The highest BCUT2D eigenvalue weighted by Crippen LogP contribution is 2.29. The summed E-state index contributed by atoms with van der Waals surface area (Å²) in [7, 11) is 1.85. The van der Waals surface area contributed by atoms with Crippen LogP contribution in [0.15, 0.2) is 0 Å². The molecule has 1 saturated carbocycles. The number of carbonyl (C=O) groups is 2. The van der Waals surface area contributed by atoms with Gasteiger partial charge in [-0.15, -0.1) is 0 Å². The summed E-state index contributed by atoms with van der Waals surface area (Å²) in [6.07, 6.45) is 2.48. The smallest absolute Gasteiger partial charge is 0.320 e. The first kappa shape index (κ1) is 14.1. The molecule has 1 unspecified atom stereocenters. The Morgan fingerprint density at radius 2 is 1.84 bits per heavy atom. The van der Waals surface area contributed by atoms with E-state index in [9.17, 15) is 9.59 Å². The molecular formula is C13H23N3O3. The van der Waals surface area contributed by atoms with Gasteiger partial charge >= 0.3 is 12.0 Å². The number of carboxylic acid groups (broad SMARTS) is 1. The summed E-state index contributed by atoms with van der Waals surface area (Å²) in [5.74, 6) is -0.104. The second-order valence-electron chi connectivity index (χ2n) is 5.64. The minimum atomic E-state index is -0.800. The fourth-order valence-electron chi connectivity index (χ4n) is 2.46. The first-order chi connectivity index (χ1) is 8.99. The molecule has 2 fully saturated rings. The second kappa shape index (κ2) is 5.77. The number of amides is 2. The van der Waals surface area contributed by atoms with Gasteiger partial charge in [-0.2, -0.15) is 0 Å². The first-order valence-electron chi connectivity index (χ1n) is 6.96. The van der Waals surface area contributed by atoms with E-state index in [0.717, 1.165) is 6.54 Å². The molecule has 0 radical (unpaired) electrons. The highest BCUT2D eigenvalue weighted by atomic mass is 16.4. The van der Waals surface area contributed by atoms with Crippen molar-refractivity contribution in [2.24, 2.45) is 5.92 Å². The van der Waals surface area contributed by atoms with Crippen molar-refractivity contribution in [2.45, 2.75) is 25.8 Å². The lowest BCUT2D eigenvalue weighted by molar-refractivity contribution is -0.143. The molecule has 6 nitrogen and oxygen atoms in total. The van der Waals surface area contributed by atoms with Crippen LogP contribution in [0.3, 0.4) is 0 Å². The van der Waals surface area contributed by atoms with E-state index in [4.69, 9.17) is 5.11 Å². The van der Waals surface area contributed by atoms with Crippen LogP contribution in [0.1, 0.15) is 19.8 Å². The van der Waals surface area contributed by atoms with Crippen LogP contribution in [0.2, 0.25) is 0 Å². The molecule has 0 aromatic rings. The Morgan fingerprint density at radius 1 is 1.26 bits per heavy atom. The molecule has 108 valence electrons. The number of aliphatic carboxylic acids is 1. The topological polar surface area (TPSA) is 64.1 Å². The molecule has 6 heteroatoms. The summed E-state index contributed by atoms with van der Waals surface area (Å²) in [4.78, 5) is 28.6. The molecule has 0 aromatic carbocycles. The molecule has 1 N–H and O–H groups in total. The Balaban J connectivity index is 1.78. The third-order valence-electron chi connectivity index (χ3n) is 4.05. The molecule has 1 aliphatic carbocycles. The quantitative estimate of drug-likeness (QED) is 0.809. The normalized spacial score (nSPS) is 22.1. The SMILES string of the molecule is CC(C(=O)O)N1CCN(C(=O)N(C)CC2CC2)CC1. The summed E-state index contributed by atoms with van der Waals surface area (Å²) < 4.78 is 0. The van der Waals surface area contributed by atoms with Gasteiger partial charge in [0.05, 0.1) is 0 Å². The Bertz CT molecular complexity index is 349. The summed E-state index contributed by atoms with van der Waals surface area (Å²) in [5, 5.41) is 8.97. The Morgan fingerprint density at radius 3 is 2.32 bits per heavy atom. The lowest BCUT2D eigenvalue weighted by Gasteiger charge is -2.38. The van der Waals surface area contributed by atoms with E-state index in [0.29, 0.717) is 32.1 Å². The molecule has 2 rings (SSSR count). The Labute approximate surface area is 114 Å². The fraction of sp³-hybridized carbons (Fsp3) is 0.846. The highest BCUT2D eigenvalue weighted by Gasteiger charge is 2.30. The van der Waals surface area contributed by atoms with E-state index in [1.165, 1.54) is 12.8 Å². The lowest BCUT2D eigenvalue weighted by atomic mass is 10.2. The standard InChI is InChI=1S/C13H23N3O3/c1-10(12(17)18)15-5-7-16(8-6-15)13(19)14(2)9-11-3-4-11/h10-11H,3-9H2,1-2H3,(H,17,18). The van der Waals surface area contributed by atoms with Gasteiger partial charge in [0.15, 0.2) is 0 Å². The average Bonchev–Trinajstić information content (AvgIpc) is 3.21. The molecule has 2 amide bonds. The van der Waals surface area contributed by atoms with Gasteiger partial charge < -0.3 is 14.9 Å². The van der Waals surface area contributed by atoms with E-state index in [1.807, 2.05) is 16.8 Å². The maximum Gasteiger partial charge on any atom is 0.320 e. The number of hydrogen-bond acceptors (Lipinski definition) is 3. The minimum Gasteiger partial charge on any atom is -0.480 e. The molecule has 2 aliphatic rings. The summed E-state index contributed by atoms with van der Waals surface area (Å²) in [6.45, 7) is 5.05. The highest BCUT2D eigenvalue weighted by molar-refractivity contribution is 5.75. The zero-order valence-corrected chi connectivity index (χ0v) is 11.7. The molecule has 1 heterocycles. The second-order valence-corrected chi connectivity index (χ2v) is 5.64. The van der Waals surface area contributed by atoms with Crippen LogP contribution in [0.4, 0.5) is 4.79 Å². The molecular weight excluding hydrogens is 246 g/mol. The molecule has 1 aliphatic heterocycles. The molecule has 0 spiro atoms. The number of urea groups is 1. The molecule has 1 atom stereocenters. The predicted octanol–water partition coefficient (Wildman–Crippen LogP) is 0.539. The van der Waals surface area contributed by atoms with E-state index >= 15 is 0 Å². The Hall–Kier alpha value is -1.30. The first-order valence-corrected chi connectivity index (χ1v) is 6.96. The maximum absolute atomic E-state index is 12.2. The summed E-state index contributed by atoms with van der Waals surface area (Å²) in [6, 6.07) is -0.393. The van der Waals surface area contributed by atoms with Crippen molar-refractivity contribution in [1.82, 2.24) is 14.7 Å². The lowest BCUT2D eigenvalue weighted by Crippen LogP contribution is -2.55. The minimum absolute atomic E-state index is 0.0783. The van der Waals surface area contributed by atoms with Gasteiger partial charge in [-0.1, -0.05) is 0 Å². The van der Waals surface area contributed by atoms with Crippen molar-refractivity contribution in [2.75, 3.05) is 39.8 Å². The molecule has 19 heavy (non-hydrogen) atoms. The number of rotatable bonds is 4. The maximum atomic E-state index is 12.2. The van der Waals surface area contributed by atoms with Gasteiger partial charge in [0.1, 0.15) is 6.04 Å². The Kier molecular flexibility index (Phi) is 4.29. The monoisotopic (exact) mass is 269 g/mol. The van der Waals surface area contributed by atoms with Crippen LogP contribution in [-0.4, -0.2) is 77.6 Å². The van der Waals surface area contributed by atoms with Crippen LogP contribution in [0.25, 0.3) is 0 Å². The summed E-state index contributed by atoms with van der Waals surface area (Å²) in [5.41, 5.74) is 0. The van der Waals surface area contributed by atoms with Crippen LogP contribution >= 0.6 is 0 Å². The number of carbonyl (C=O) groups excluding carboxylic acids is 1. The summed E-state index contributed by atoms with van der Waals surface area (Å²) >= 11 is 0. The largest absolute Gasteiger partial charge is 0.480 e. The number of hydrogen-bond donors (Lipinski definition) is 1. The third-order valence-corrected chi connectivity index (χ3v) is 4.05. The van der Waals surface area contributed by atoms with Crippen molar-refractivity contribution < 1.29 is 14.7 Å². The molecule has 0 aromatic heterocycles.